The molecule has 30 heavy (non-hydrogen) atoms. The van der Waals surface area contributed by atoms with Crippen molar-refractivity contribution in [3.63, 3.8) is 0 Å². The van der Waals surface area contributed by atoms with Crippen LogP contribution in [0, 0.1) is 18.7 Å². The Labute approximate surface area is 172 Å². The molecule has 7 nitrogen and oxygen atoms in total. The first kappa shape index (κ1) is 18.6. The quantitative estimate of drug-likeness (QED) is 0.700. The van der Waals surface area contributed by atoms with E-state index in [1.165, 1.54) is 16.8 Å². The van der Waals surface area contributed by atoms with Crippen molar-refractivity contribution in [1.29, 1.82) is 0 Å². The molecule has 5 rings (SSSR count). The SMILES string of the molecule is Cc1nc(C(=O)NC(c2ccc3c(c2)OCCO3)C2CC2)nn1-c1ccc(F)cc1. The van der Waals surface area contributed by atoms with Crippen molar-refractivity contribution in [1.82, 2.24) is 20.1 Å². The molecule has 1 N–H and O–H groups in total. The highest BCUT2D eigenvalue weighted by Crippen LogP contribution is 2.43. The van der Waals surface area contributed by atoms with Gasteiger partial charge in [-0.3, -0.25) is 4.79 Å². The summed E-state index contributed by atoms with van der Waals surface area (Å²) in [7, 11) is 0. The fraction of sp³-hybridized carbons (Fsp3) is 0.318. The molecule has 1 saturated carbocycles. The third kappa shape index (κ3) is 3.60. The number of hydrogen-bond donors (Lipinski definition) is 1. The van der Waals surface area contributed by atoms with Gasteiger partial charge in [-0.1, -0.05) is 6.07 Å². The lowest BCUT2D eigenvalue weighted by Crippen LogP contribution is -2.31. The van der Waals surface area contributed by atoms with Crippen LogP contribution in [0.2, 0.25) is 0 Å². The summed E-state index contributed by atoms with van der Waals surface area (Å²) in [5.41, 5.74) is 1.62. The Bertz CT molecular complexity index is 1090. The number of hydrogen-bond acceptors (Lipinski definition) is 5. The fourth-order valence-corrected chi connectivity index (χ4v) is 3.68. The zero-order chi connectivity index (χ0) is 20.7. The van der Waals surface area contributed by atoms with Crippen molar-refractivity contribution in [2.75, 3.05) is 13.2 Å². The molecule has 0 radical (unpaired) electrons. The smallest absolute Gasteiger partial charge is 0.291 e. The molecule has 1 aromatic heterocycles. The molecule has 0 bridgehead atoms. The minimum absolute atomic E-state index is 0.0834. The first-order chi connectivity index (χ1) is 14.6. The number of halogens is 1. The first-order valence-electron chi connectivity index (χ1n) is 9.98. The summed E-state index contributed by atoms with van der Waals surface area (Å²) in [6.45, 7) is 2.81. The summed E-state index contributed by atoms with van der Waals surface area (Å²) in [6, 6.07) is 11.5. The van der Waals surface area contributed by atoms with Crippen molar-refractivity contribution < 1.29 is 18.7 Å². The largest absolute Gasteiger partial charge is 0.486 e. The van der Waals surface area contributed by atoms with Gasteiger partial charge in [0.25, 0.3) is 5.91 Å². The maximum Gasteiger partial charge on any atom is 0.291 e. The third-order valence-electron chi connectivity index (χ3n) is 5.35. The standard InChI is InChI=1S/C22H21FN4O3/c1-13-24-21(26-27(13)17-7-5-16(23)6-8-17)22(28)25-20(14-2-3-14)15-4-9-18-19(12-15)30-11-10-29-18/h4-9,12,14,20H,2-3,10-11H2,1H3,(H,25,28). The van der Waals surface area contributed by atoms with Crippen LogP contribution < -0.4 is 14.8 Å². The van der Waals surface area contributed by atoms with Crippen LogP contribution in [0.25, 0.3) is 5.69 Å². The summed E-state index contributed by atoms with van der Waals surface area (Å²) in [5.74, 6) is 1.76. The number of aromatic nitrogens is 3. The van der Waals surface area contributed by atoms with E-state index >= 15 is 0 Å². The van der Waals surface area contributed by atoms with Gasteiger partial charge in [-0.25, -0.2) is 14.1 Å². The van der Waals surface area contributed by atoms with E-state index in [4.69, 9.17) is 9.47 Å². The lowest BCUT2D eigenvalue weighted by Gasteiger charge is -2.22. The topological polar surface area (TPSA) is 78.3 Å². The highest BCUT2D eigenvalue weighted by atomic mass is 19.1. The van der Waals surface area contributed by atoms with E-state index in [1.807, 2.05) is 18.2 Å². The van der Waals surface area contributed by atoms with Crippen molar-refractivity contribution in [3.05, 3.63) is 65.5 Å². The predicted molar refractivity (Wildman–Crippen MR) is 106 cm³/mol. The van der Waals surface area contributed by atoms with Crippen LogP contribution in [0.1, 0.15) is 40.9 Å². The summed E-state index contributed by atoms with van der Waals surface area (Å²) in [4.78, 5) is 17.2. The molecule has 1 aliphatic heterocycles. The molecule has 8 heteroatoms. The Balaban J connectivity index is 1.38. The van der Waals surface area contributed by atoms with Crippen LogP contribution in [0.4, 0.5) is 4.39 Å². The van der Waals surface area contributed by atoms with Gasteiger partial charge in [0, 0.05) is 0 Å². The Morgan fingerprint density at radius 2 is 1.87 bits per heavy atom. The minimum Gasteiger partial charge on any atom is -0.486 e. The summed E-state index contributed by atoms with van der Waals surface area (Å²) in [5, 5.41) is 7.42. The Hall–Kier alpha value is -3.42. The van der Waals surface area contributed by atoms with E-state index in [1.54, 1.807) is 19.1 Å². The van der Waals surface area contributed by atoms with Gasteiger partial charge in [-0.05, 0) is 67.6 Å². The number of rotatable bonds is 5. The summed E-state index contributed by atoms with van der Waals surface area (Å²) in [6.07, 6.45) is 2.10. The maximum atomic E-state index is 13.2. The summed E-state index contributed by atoms with van der Waals surface area (Å²) < 4.78 is 26.0. The average molecular weight is 408 g/mol. The van der Waals surface area contributed by atoms with Crippen molar-refractivity contribution >= 4 is 5.91 Å². The predicted octanol–water partition coefficient (Wildman–Crippen LogP) is 3.37. The number of carbonyl (C=O) groups excluding carboxylic acids is 1. The molecular weight excluding hydrogens is 387 g/mol. The molecule has 2 heterocycles. The van der Waals surface area contributed by atoms with E-state index < -0.39 is 0 Å². The number of aryl methyl sites for hydroxylation is 1. The first-order valence-corrected chi connectivity index (χ1v) is 9.98. The number of fused-ring (bicyclic) bond motifs is 1. The number of benzene rings is 2. The second-order valence-electron chi connectivity index (χ2n) is 7.56. The van der Waals surface area contributed by atoms with Crippen molar-refractivity contribution in [3.8, 4) is 17.2 Å². The van der Waals surface area contributed by atoms with Gasteiger partial charge in [0.2, 0.25) is 5.82 Å². The molecule has 1 unspecified atom stereocenters. The van der Waals surface area contributed by atoms with Crippen LogP contribution in [-0.2, 0) is 0 Å². The van der Waals surface area contributed by atoms with Gasteiger partial charge >= 0.3 is 0 Å². The lowest BCUT2D eigenvalue weighted by atomic mass is 10.0. The van der Waals surface area contributed by atoms with Crippen molar-refractivity contribution in [2.45, 2.75) is 25.8 Å². The zero-order valence-electron chi connectivity index (χ0n) is 16.5. The molecule has 2 aliphatic rings. The van der Waals surface area contributed by atoms with E-state index in [0.717, 1.165) is 24.2 Å². The van der Waals surface area contributed by atoms with E-state index in [0.29, 0.717) is 36.4 Å². The van der Waals surface area contributed by atoms with Gasteiger partial charge in [0.1, 0.15) is 24.9 Å². The maximum absolute atomic E-state index is 13.2. The van der Waals surface area contributed by atoms with E-state index in [-0.39, 0.29) is 23.6 Å². The number of carbonyl (C=O) groups is 1. The van der Waals surface area contributed by atoms with Crippen LogP contribution in [0.5, 0.6) is 11.5 Å². The third-order valence-corrected chi connectivity index (χ3v) is 5.35. The van der Waals surface area contributed by atoms with Gasteiger partial charge in [-0.15, -0.1) is 5.10 Å². The lowest BCUT2D eigenvalue weighted by molar-refractivity contribution is 0.0921. The molecule has 0 spiro atoms. The number of ether oxygens (including phenoxy) is 2. The van der Waals surface area contributed by atoms with E-state index in [2.05, 4.69) is 15.4 Å². The van der Waals surface area contributed by atoms with Gasteiger partial charge in [0.05, 0.1) is 11.7 Å². The molecule has 1 aliphatic carbocycles. The molecule has 0 saturated heterocycles. The van der Waals surface area contributed by atoms with Gasteiger partial charge in [-0.2, -0.15) is 0 Å². The fourth-order valence-electron chi connectivity index (χ4n) is 3.68. The molecule has 2 aromatic carbocycles. The molecule has 1 atom stereocenters. The Morgan fingerprint density at radius 3 is 2.60 bits per heavy atom. The van der Waals surface area contributed by atoms with E-state index in [9.17, 15) is 9.18 Å². The number of nitrogens with zero attached hydrogens (tertiary/aromatic N) is 3. The Morgan fingerprint density at radius 1 is 1.13 bits per heavy atom. The van der Waals surface area contributed by atoms with Crippen LogP contribution >= 0.6 is 0 Å². The average Bonchev–Trinajstić information content (AvgIpc) is 3.53. The second-order valence-corrected chi connectivity index (χ2v) is 7.56. The van der Waals surface area contributed by atoms with Crippen LogP contribution in [0.3, 0.4) is 0 Å². The molecule has 1 amide bonds. The molecular formula is C22H21FN4O3. The normalized spacial score (nSPS) is 16.2. The van der Waals surface area contributed by atoms with Gasteiger partial charge in [0.15, 0.2) is 11.5 Å². The molecule has 154 valence electrons. The minimum atomic E-state index is -0.342. The molecule has 3 aromatic rings. The van der Waals surface area contributed by atoms with Gasteiger partial charge < -0.3 is 14.8 Å². The zero-order valence-corrected chi connectivity index (χ0v) is 16.5. The van der Waals surface area contributed by atoms with Crippen molar-refractivity contribution in [2.24, 2.45) is 5.92 Å². The second kappa shape index (κ2) is 7.44. The summed E-state index contributed by atoms with van der Waals surface area (Å²) >= 11 is 0. The monoisotopic (exact) mass is 408 g/mol. The number of nitrogens with one attached hydrogen (secondary N) is 1. The highest BCUT2D eigenvalue weighted by Gasteiger charge is 2.35. The number of amides is 1. The highest BCUT2D eigenvalue weighted by molar-refractivity contribution is 5.90. The Kier molecular flexibility index (Phi) is 4.61. The van der Waals surface area contributed by atoms with Crippen LogP contribution in [-0.4, -0.2) is 33.9 Å². The van der Waals surface area contributed by atoms with Crippen LogP contribution in [0.15, 0.2) is 42.5 Å². The molecule has 1 fully saturated rings.